The number of ether oxygens (including phenoxy) is 2. The van der Waals surface area contributed by atoms with E-state index in [4.69, 9.17) is 15.2 Å². The van der Waals surface area contributed by atoms with Gasteiger partial charge in [-0.3, -0.25) is 0 Å². The molecule has 144 valence electrons. The normalized spacial score (nSPS) is 14.0. The van der Waals surface area contributed by atoms with E-state index in [9.17, 15) is 9.59 Å². The summed E-state index contributed by atoms with van der Waals surface area (Å²) in [6.07, 6.45) is 3.37. The first-order valence-electron chi connectivity index (χ1n) is 8.62. The van der Waals surface area contributed by atoms with Crippen LogP contribution in [0.15, 0.2) is 18.9 Å². The third kappa shape index (κ3) is 3.86. The first kappa shape index (κ1) is 18.7. The number of esters is 1. The van der Waals surface area contributed by atoms with Crippen LogP contribution in [0.5, 0.6) is 0 Å². The summed E-state index contributed by atoms with van der Waals surface area (Å²) in [5.74, 6) is -0.552. The van der Waals surface area contributed by atoms with E-state index in [2.05, 4.69) is 16.7 Å². The van der Waals surface area contributed by atoms with Crippen molar-refractivity contribution in [3.05, 3.63) is 35.7 Å². The Hall–Kier alpha value is -3.10. The van der Waals surface area contributed by atoms with Gasteiger partial charge in [0.1, 0.15) is 17.8 Å². The van der Waals surface area contributed by atoms with Gasteiger partial charge >= 0.3 is 12.1 Å². The van der Waals surface area contributed by atoms with Crippen molar-refractivity contribution in [2.24, 2.45) is 0 Å². The van der Waals surface area contributed by atoms with Crippen molar-refractivity contribution < 1.29 is 19.1 Å². The van der Waals surface area contributed by atoms with E-state index in [1.54, 1.807) is 11.1 Å². The highest BCUT2D eigenvalue weighted by Gasteiger charge is 2.28. The molecular formula is C18H23N5O4. The lowest BCUT2D eigenvalue weighted by Gasteiger charge is -2.30. The van der Waals surface area contributed by atoms with Crippen LogP contribution in [0.4, 0.5) is 10.6 Å². The van der Waals surface area contributed by atoms with Gasteiger partial charge in [0, 0.05) is 24.7 Å². The molecule has 0 radical (unpaired) electrons. The zero-order valence-corrected chi connectivity index (χ0v) is 15.7. The van der Waals surface area contributed by atoms with Crippen LogP contribution in [-0.2, 0) is 22.4 Å². The van der Waals surface area contributed by atoms with Crippen molar-refractivity contribution in [3.63, 3.8) is 0 Å². The molecule has 0 atom stereocenters. The van der Waals surface area contributed by atoms with Gasteiger partial charge in [0.25, 0.3) is 0 Å². The maximum Gasteiger partial charge on any atom is 0.410 e. The highest BCUT2D eigenvalue weighted by atomic mass is 16.6. The maximum atomic E-state index is 12.3. The molecule has 3 heterocycles. The number of nitrogens with zero attached hydrogens (tertiary/aromatic N) is 4. The van der Waals surface area contributed by atoms with Gasteiger partial charge in [-0.15, -0.1) is 5.10 Å². The van der Waals surface area contributed by atoms with Crippen molar-refractivity contribution in [1.82, 2.24) is 19.5 Å². The van der Waals surface area contributed by atoms with Gasteiger partial charge in [0.05, 0.1) is 12.2 Å². The Morgan fingerprint density at radius 1 is 1.41 bits per heavy atom. The Bertz CT molecular complexity index is 913. The second-order valence-electron chi connectivity index (χ2n) is 7.28. The van der Waals surface area contributed by atoms with Gasteiger partial charge in [-0.25, -0.2) is 19.1 Å². The first-order valence-corrected chi connectivity index (χ1v) is 8.62. The number of rotatable bonds is 3. The molecule has 2 N–H and O–H groups in total. The number of amides is 1. The number of aromatic nitrogens is 3. The Morgan fingerprint density at radius 2 is 2.15 bits per heavy atom. The highest BCUT2D eigenvalue weighted by Crippen LogP contribution is 2.24. The fourth-order valence-corrected chi connectivity index (χ4v) is 2.82. The summed E-state index contributed by atoms with van der Waals surface area (Å²) in [4.78, 5) is 30.7. The smallest absolute Gasteiger partial charge is 0.410 e. The Labute approximate surface area is 156 Å². The minimum absolute atomic E-state index is 0.0444. The number of hydrogen-bond donors (Lipinski definition) is 1. The third-order valence-electron chi connectivity index (χ3n) is 3.97. The first-order chi connectivity index (χ1) is 12.7. The lowest BCUT2D eigenvalue weighted by atomic mass is 10.1. The van der Waals surface area contributed by atoms with Crippen molar-refractivity contribution >= 4 is 23.5 Å². The molecule has 0 saturated heterocycles. The van der Waals surface area contributed by atoms with E-state index >= 15 is 0 Å². The van der Waals surface area contributed by atoms with Crippen molar-refractivity contribution in [2.45, 2.75) is 39.3 Å². The second-order valence-corrected chi connectivity index (χ2v) is 7.28. The molecule has 1 amide bonds. The number of carbonyl (C=O) groups is 2. The molecule has 9 nitrogen and oxygen atoms in total. The van der Waals surface area contributed by atoms with Crippen LogP contribution in [-0.4, -0.2) is 50.3 Å². The Kier molecular flexibility index (Phi) is 4.77. The molecule has 3 rings (SSSR count). The monoisotopic (exact) mass is 373 g/mol. The molecule has 0 saturated carbocycles. The van der Waals surface area contributed by atoms with E-state index in [0.29, 0.717) is 25.2 Å². The predicted octanol–water partition coefficient (Wildman–Crippen LogP) is 1.95. The predicted molar refractivity (Wildman–Crippen MR) is 98.2 cm³/mol. The van der Waals surface area contributed by atoms with Crippen LogP contribution < -0.4 is 5.73 Å². The molecule has 0 unspecified atom stereocenters. The van der Waals surface area contributed by atoms with Gasteiger partial charge in [-0.1, -0.05) is 12.7 Å². The molecule has 1 aliphatic rings. The van der Waals surface area contributed by atoms with Crippen LogP contribution in [0, 0.1) is 0 Å². The van der Waals surface area contributed by atoms with Crippen LogP contribution in [0.25, 0.3) is 5.65 Å². The van der Waals surface area contributed by atoms with Crippen molar-refractivity contribution in [2.75, 3.05) is 18.9 Å². The standard InChI is InChI=1S/C18H23N5O4/c1-5-8-26-16(24)13-14(19)21-23-10-11-9-22(17(25)27-18(2,3)4)7-6-12(11)20-15(13)23/h5,10H,1,6-9H2,2-4H3,(H2,19,21). The summed E-state index contributed by atoms with van der Waals surface area (Å²) < 4.78 is 11.9. The molecule has 0 aliphatic carbocycles. The second kappa shape index (κ2) is 6.90. The number of hydrogen-bond acceptors (Lipinski definition) is 7. The summed E-state index contributed by atoms with van der Waals surface area (Å²) >= 11 is 0. The lowest BCUT2D eigenvalue weighted by molar-refractivity contribution is 0.0222. The van der Waals surface area contributed by atoms with E-state index in [1.165, 1.54) is 10.6 Å². The molecule has 1 aliphatic heterocycles. The number of fused-ring (bicyclic) bond motifs is 2. The lowest BCUT2D eigenvalue weighted by Crippen LogP contribution is -2.40. The van der Waals surface area contributed by atoms with Crippen LogP contribution in [0.1, 0.15) is 42.4 Å². The average molecular weight is 373 g/mol. The number of nitrogen functional groups attached to an aromatic ring is 1. The largest absolute Gasteiger partial charge is 0.458 e. The summed E-state index contributed by atoms with van der Waals surface area (Å²) in [6, 6.07) is 0. The fraction of sp³-hybridized carbons (Fsp3) is 0.444. The van der Waals surface area contributed by atoms with Crippen LogP contribution in [0.2, 0.25) is 0 Å². The fourth-order valence-electron chi connectivity index (χ4n) is 2.82. The molecule has 0 bridgehead atoms. The van der Waals surface area contributed by atoms with Gasteiger partial charge in [0.15, 0.2) is 11.5 Å². The topological polar surface area (TPSA) is 112 Å². The van der Waals surface area contributed by atoms with E-state index in [0.717, 1.165) is 11.3 Å². The maximum absolute atomic E-state index is 12.3. The van der Waals surface area contributed by atoms with E-state index < -0.39 is 11.6 Å². The average Bonchev–Trinajstić information content (AvgIpc) is 2.90. The summed E-state index contributed by atoms with van der Waals surface area (Å²) in [7, 11) is 0. The highest BCUT2D eigenvalue weighted by molar-refractivity contribution is 6.00. The molecule has 9 heteroatoms. The minimum atomic E-state index is -0.596. The van der Waals surface area contributed by atoms with Crippen LogP contribution in [0.3, 0.4) is 0 Å². The van der Waals surface area contributed by atoms with Gasteiger partial charge in [-0.2, -0.15) is 0 Å². The third-order valence-corrected chi connectivity index (χ3v) is 3.97. The molecule has 2 aromatic rings. The molecule has 2 aromatic heterocycles. The Morgan fingerprint density at radius 3 is 2.81 bits per heavy atom. The van der Waals surface area contributed by atoms with Gasteiger partial charge in [-0.05, 0) is 20.8 Å². The molecule has 0 fully saturated rings. The van der Waals surface area contributed by atoms with Gasteiger partial charge < -0.3 is 20.1 Å². The van der Waals surface area contributed by atoms with E-state index in [-0.39, 0.29) is 24.1 Å². The SMILES string of the molecule is C=CCOC(=O)c1c(N)nn2cc3c(nc12)CCN(C(=O)OC(C)(C)C)C3. The molecule has 27 heavy (non-hydrogen) atoms. The quantitative estimate of drug-likeness (QED) is 0.646. The van der Waals surface area contributed by atoms with Gasteiger partial charge in [0.2, 0.25) is 0 Å². The summed E-state index contributed by atoms with van der Waals surface area (Å²) in [6.45, 7) is 9.90. The van der Waals surface area contributed by atoms with Crippen LogP contribution >= 0.6 is 0 Å². The summed E-state index contributed by atoms with van der Waals surface area (Å²) in [5, 5.41) is 4.15. The molecular weight excluding hydrogens is 350 g/mol. The number of nitrogens with two attached hydrogens (primary N) is 1. The van der Waals surface area contributed by atoms with Crippen molar-refractivity contribution in [3.8, 4) is 0 Å². The molecule has 0 spiro atoms. The number of carbonyl (C=O) groups excluding carboxylic acids is 2. The summed E-state index contributed by atoms with van der Waals surface area (Å²) in [5.41, 5.74) is 7.42. The van der Waals surface area contributed by atoms with Crippen molar-refractivity contribution in [1.29, 1.82) is 0 Å². The zero-order chi connectivity index (χ0) is 19.8. The zero-order valence-electron chi connectivity index (χ0n) is 15.7. The number of anilines is 1. The molecule has 0 aromatic carbocycles. The minimum Gasteiger partial charge on any atom is -0.458 e. The van der Waals surface area contributed by atoms with E-state index in [1.807, 2.05) is 20.8 Å². The Balaban J connectivity index is 1.89.